The molecule has 1 aliphatic heterocycles. The highest BCUT2D eigenvalue weighted by atomic mass is 32.2. The number of nitrogens with zero attached hydrogens (tertiary/aromatic N) is 1. The number of halogens is 2. The van der Waals surface area contributed by atoms with Crippen molar-refractivity contribution in [2.75, 3.05) is 20.1 Å². The van der Waals surface area contributed by atoms with Crippen molar-refractivity contribution in [2.45, 2.75) is 76.2 Å². The summed E-state index contributed by atoms with van der Waals surface area (Å²) in [4.78, 5) is 25.9. The number of carbonyl (C=O) groups excluding carboxylic acids is 2. The van der Waals surface area contributed by atoms with Crippen LogP contribution < -0.4 is 25.5 Å². The zero-order valence-electron chi connectivity index (χ0n) is 25.8. The Morgan fingerprint density at radius 1 is 1.05 bits per heavy atom. The number of likely N-dealkylation sites (N-methyl/N-ethyl adjacent to an activating group) is 1. The van der Waals surface area contributed by atoms with Crippen molar-refractivity contribution < 1.29 is 41.4 Å². The number of aliphatic hydroxyl groups excluding tert-OH is 1. The minimum absolute atomic E-state index is 0.0600. The number of hydrogen-bond acceptors (Lipinski definition) is 9. The van der Waals surface area contributed by atoms with Gasteiger partial charge < -0.3 is 19.9 Å². The van der Waals surface area contributed by atoms with Gasteiger partial charge in [-0.1, -0.05) is 65.0 Å². The summed E-state index contributed by atoms with van der Waals surface area (Å²) in [5.41, 5.74) is 2.97. The number of benzene rings is 2. The van der Waals surface area contributed by atoms with Crippen LogP contribution in [0.3, 0.4) is 0 Å². The number of nitrogens with one attached hydrogen (secondary N) is 3. The molecule has 2 aromatic carbocycles. The Morgan fingerprint density at radius 3 is 2.27 bits per heavy atom. The normalized spacial score (nSPS) is 16.3. The maximum absolute atomic E-state index is 13.7. The van der Waals surface area contributed by atoms with Crippen molar-refractivity contribution in [1.82, 2.24) is 21.1 Å². The molecule has 2 amide bonds. The highest BCUT2D eigenvalue weighted by Crippen LogP contribution is 2.42. The molecule has 2 aromatic rings. The average Bonchev–Trinajstić information content (AvgIpc) is 3.23. The Morgan fingerprint density at radius 2 is 1.68 bits per heavy atom. The van der Waals surface area contributed by atoms with E-state index in [0.29, 0.717) is 0 Å². The lowest BCUT2D eigenvalue weighted by Gasteiger charge is -2.37. The third-order valence-electron chi connectivity index (χ3n) is 6.77. The molecule has 0 aromatic heterocycles. The molecule has 0 spiro atoms. The highest BCUT2D eigenvalue weighted by molar-refractivity contribution is 7.92. The van der Waals surface area contributed by atoms with Crippen LogP contribution in [-0.2, 0) is 25.8 Å². The first-order chi connectivity index (χ1) is 20.4. The summed E-state index contributed by atoms with van der Waals surface area (Å²) in [6, 6.07) is 11.3. The van der Waals surface area contributed by atoms with Gasteiger partial charge in [0.05, 0.1) is 23.6 Å². The third-order valence-corrected chi connectivity index (χ3v) is 9.06. The van der Waals surface area contributed by atoms with Gasteiger partial charge in [0.25, 0.3) is 5.91 Å². The largest absolute Gasteiger partial charge is 0.586 e. The first kappa shape index (κ1) is 35.2. The topological polar surface area (TPSA) is 146 Å². The lowest BCUT2D eigenvalue weighted by atomic mass is 9.91. The fraction of sp³-hybridized carbons (Fsp3) is 0.533. The molecule has 14 heteroatoms. The maximum atomic E-state index is 13.7. The van der Waals surface area contributed by atoms with E-state index >= 15 is 0 Å². The van der Waals surface area contributed by atoms with Gasteiger partial charge in [-0.25, -0.2) is 13.4 Å². The molecule has 3 rings (SSSR count). The van der Waals surface area contributed by atoms with E-state index in [4.69, 9.17) is 0 Å². The van der Waals surface area contributed by atoms with E-state index in [1.54, 1.807) is 33.0 Å². The monoisotopic (exact) mass is 640 g/mol. The van der Waals surface area contributed by atoms with Crippen LogP contribution in [0.25, 0.3) is 0 Å². The fourth-order valence-corrected chi connectivity index (χ4v) is 6.64. The standard InChI is InChI=1S/C30H42F2N4O7S/c1-19(2)28(44(40,41)21-12-13-24-25(15-21)43-30(31,32)42-24)34-17-23(37)22(14-20-10-8-7-9-11-20)36(35-26(38)18-33-6)27(39)16-29(3,4)5/h7-13,15,19,22-23,28,33-34,37H,14,16-18H2,1-6H3,(H,35,38)/t22?,23-,28?/m1/s1. The maximum Gasteiger partial charge on any atom is 0.586 e. The van der Waals surface area contributed by atoms with Gasteiger partial charge in [-0.3, -0.25) is 20.3 Å². The Hall–Kier alpha value is -3.33. The van der Waals surface area contributed by atoms with E-state index in [1.165, 1.54) is 0 Å². The van der Waals surface area contributed by atoms with E-state index in [9.17, 15) is 31.9 Å². The predicted octanol–water partition coefficient (Wildman–Crippen LogP) is 2.84. The van der Waals surface area contributed by atoms with Gasteiger partial charge in [-0.05, 0) is 42.5 Å². The molecule has 1 aliphatic rings. The number of fused-ring (bicyclic) bond motifs is 1. The SMILES string of the molecule is CNCC(=O)NN(C(=O)CC(C)(C)C)C(Cc1ccccc1)[C@H](O)CNC(C(C)C)S(=O)(=O)c1ccc2c(c1)OC(F)(F)O2. The molecule has 4 N–H and O–H groups in total. The number of aliphatic hydroxyl groups is 1. The molecule has 11 nitrogen and oxygen atoms in total. The molecule has 0 radical (unpaired) electrons. The van der Waals surface area contributed by atoms with Crippen molar-refractivity contribution in [2.24, 2.45) is 11.3 Å². The quantitative estimate of drug-likeness (QED) is 0.243. The minimum atomic E-state index is -4.19. The number of hydrogen-bond donors (Lipinski definition) is 4. The molecule has 0 bridgehead atoms. The van der Waals surface area contributed by atoms with E-state index < -0.39 is 62.5 Å². The number of carbonyl (C=O) groups is 2. The van der Waals surface area contributed by atoms with Crippen LogP contribution in [0.5, 0.6) is 11.5 Å². The van der Waals surface area contributed by atoms with E-state index in [0.717, 1.165) is 28.8 Å². The Bertz CT molecular complexity index is 1400. The third kappa shape index (κ3) is 9.34. The van der Waals surface area contributed by atoms with Gasteiger partial charge in [-0.2, -0.15) is 0 Å². The van der Waals surface area contributed by atoms with Crippen LogP contribution in [0.1, 0.15) is 46.6 Å². The molecule has 0 fully saturated rings. The van der Waals surface area contributed by atoms with Crippen LogP contribution in [0.4, 0.5) is 8.78 Å². The molecular formula is C30H42F2N4O7S. The van der Waals surface area contributed by atoms with Gasteiger partial charge in [0.2, 0.25) is 5.91 Å². The van der Waals surface area contributed by atoms with Crippen LogP contribution in [-0.4, -0.2) is 74.3 Å². The smallest absolute Gasteiger partial charge is 0.395 e. The summed E-state index contributed by atoms with van der Waals surface area (Å²) in [7, 11) is -2.60. The molecule has 2 unspecified atom stereocenters. The number of sulfone groups is 1. The molecule has 244 valence electrons. The summed E-state index contributed by atoms with van der Waals surface area (Å²) in [6.07, 6.45) is -5.04. The molecule has 0 saturated carbocycles. The van der Waals surface area contributed by atoms with Gasteiger partial charge in [-0.15, -0.1) is 8.78 Å². The van der Waals surface area contributed by atoms with Gasteiger partial charge in [0.15, 0.2) is 21.3 Å². The number of amides is 2. The van der Waals surface area contributed by atoms with Gasteiger partial charge in [0.1, 0.15) is 5.37 Å². The molecule has 1 heterocycles. The summed E-state index contributed by atoms with van der Waals surface area (Å²) in [6.45, 7) is 8.56. The number of hydrazine groups is 1. The Labute approximate surface area is 257 Å². The van der Waals surface area contributed by atoms with Crippen LogP contribution in [0, 0.1) is 11.3 Å². The Balaban J connectivity index is 1.91. The van der Waals surface area contributed by atoms with Crippen LogP contribution in [0.2, 0.25) is 0 Å². The second-order valence-corrected chi connectivity index (χ2v) is 14.4. The van der Waals surface area contributed by atoms with E-state index in [1.807, 2.05) is 39.0 Å². The number of ether oxygens (including phenoxy) is 2. The van der Waals surface area contributed by atoms with Crippen molar-refractivity contribution in [3.05, 3.63) is 54.1 Å². The zero-order chi connectivity index (χ0) is 32.9. The lowest BCUT2D eigenvalue weighted by molar-refractivity contribution is -0.286. The van der Waals surface area contributed by atoms with Gasteiger partial charge in [0, 0.05) is 19.0 Å². The van der Waals surface area contributed by atoms with Crippen LogP contribution in [0.15, 0.2) is 53.4 Å². The van der Waals surface area contributed by atoms with Crippen molar-refractivity contribution >= 4 is 21.7 Å². The second kappa shape index (κ2) is 14.2. The zero-order valence-corrected chi connectivity index (χ0v) is 26.6. The Kier molecular flexibility index (Phi) is 11.3. The van der Waals surface area contributed by atoms with Crippen LogP contribution >= 0.6 is 0 Å². The summed E-state index contributed by atoms with van der Waals surface area (Å²) < 4.78 is 63.2. The van der Waals surface area contributed by atoms with Gasteiger partial charge >= 0.3 is 6.29 Å². The molecule has 0 saturated heterocycles. The fourth-order valence-electron chi connectivity index (χ4n) is 4.79. The van der Waals surface area contributed by atoms with E-state index in [-0.39, 0.29) is 36.6 Å². The minimum Gasteiger partial charge on any atom is -0.395 e. The second-order valence-electron chi connectivity index (χ2n) is 12.3. The number of rotatable bonds is 13. The summed E-state index contributed by atoms with van der Waals surface area (Å²) in [5.74, 6) is -2.15. The summed E-state index contributed by atoms with van der Waals surface area (Å²) >= 11 is 0. The molecular weight excluding hydrogens is 598 g/mol. The summed E-state index contributed by atoms with van der Waals surface area (Å²) in [5, 5.41) is 17.1. The average molecular weight is 641 g/mol. The van der Waals surface area contributed by atoms with E-state index in [2.05, 4.69) is 25.5 Å². The molecule has 3 atom stereocenters. The van der Waals surface area contributed by atoms with Crippen molar-refractivity contribution in [3.63, 3.8) is 0 Å². The molecule has 44 heavy (non-hydrogen) atoms. The highest BCUT2D eigenvalue weighted by Gasteiger charge is 2.44. The molecule has 0 aliphatic carbocycles. The predicted molar refractivity (Wildman–Crippen MR) is 159 cm³/mol. The first-order valence-electron chi connectivity index (χ1n) is 14.3. The first-order valence-corrected chi connectivity index (χ1v) is 15.8. The lowest BCUT2D eigenvalue weighted by Crippen LogP contribution is -2.60. The van der Waals surface area contributed by atoms with Crippen molar-refractivity contribution in [1.29, 1.82) is 0 Å². The number of alkyl halides is 2. The van der Waals surface area contributed by atoms with Crippen molar-refractivity contribution in [3.8, 4) is 11.5 Å².